The number of esters is 1. The van der Waals surface area contributed by atoms with Crippen LogP contribution in [0.2, 0.25) is 0 Å². The second-order valence-corrected chi connectivity index (χ2v) is 8.68. The highest BCUT2D eigenvalue weighted by molar-refractivity contribution is 5.95. The molecule has 0 radical (unpaired) electrons. The van der Waals surface area contributed by atoms with E-state index in [1.807, 2.05) is 78.9 Å². The number of benzene rings is 4. The van der Waals surface area contributed by atoms with Gasteiger partial charge in [-0.05, 0) is 45.0 Å². The molecule has 0 spiro atoms. The molecule has 0 aromatic heterocycles. The average molecular weight is 452 g/mol. The zero-order valence-corrected chi connectivity index (χ0v) is 18.6. The van der Waals surface area contributed by atoms with Crippen molar-refractivity contribution >= 4 is 22.7 Å². The third kappa shape index (κ3) is 3.95. The van der Waals surface area contributed by atoms with Crippen molar-refractivity contribution in [2.45, 2.75) is 18.4 Å². The van der Waals surface area contributed by atoms with E-state index in [4.69, 9.17) is 10.5 Å². The van der Waals surface area contributed by atoms with Gasteiger partial charge in [-0.3, -0.25) is 9.59 Å². The van der Waals surface area contributed by atoms with Crippen LogP contribution in [0.4, 0.5) is 0 Å². The quantitative estimate of drug-likeness (QED) is 0.312. The summed E-state index contributed by atoms with van der Waals surface area (Å²) in [6, 6.07) is 28.8. The maximum absolute atomic E-state index is 13.0. The predicted octanol–water partition coefficient (Wildman–Crippen LogP) is 4.77. The maximum atomic E-state index is 13.0. The molecule has 2 atom stereocenters. The number of aliphatic carboxylic acids is 1. The first-order chi connectivity index (χ1) is 16.5. The molecule has 0 amide bonds. The van der Waals surface area contributed by atoms with E-state index in [0.717, 1.165) is 38.6 Å². The van der Waals surface area contributed by atoms with E-state index in [1.165, 1.54) is 0 Å². The van der Waals surface area contributed by atoms with Gasteiger partial charge < -0.3 is 15.6 Å². The number of carbonyl (C=O) groups excluding carboxylic acids is 1. The lowest BCUT2D eigenvalue weighted by Gasteiger charge is -2.21. The molecule has 0 saturated heterocycles. The number of rotatable bonds is 7. The van der Waals surface area contributed by atoms with Crippen molar-refractivity contribution in [3.05, 3.63) is 108 Å². The summed E-state index contributed by atoms with van der Waals surface area (Å²) in [6.45, 7) is 0.0671. The lowest BCUT2D eigenvalue weighted by atomic mass is 9.91. The van der Waals surface area contributed by atoms with Crippen LogP contribution in [-0.2, 0) is 20.7 Å². The molecule has 4 aromatic rings. The summed E-state index contributed by atoms with van der Waals surface area (Å²) >= 11 is 0. The van der Waals surface area contributed by atoms with Crippen LogP contribution in [0.15, 0.2) is 91.0 Å². The van der Waals surface area contributed by atoms with Crippen molar-refractivity contribution in [1.29, 1.82) is 0 Å². The Morgan fingerprint density at radius 1 is 0.824 bits per heavy atom. The summed E-state index contributed by atoms with van der Waals surface area (Å²) in [7, 11) is 0. The highest BCUT2D eigenvalue weighted by Gasteiger charge is 2.36. The number of nitrogens with two attached hydrogens (primary N) is 1. The van der Waals surface area contributed by atoms with Crippen LogP contribution >= 0.6 is 0 Å². The highest BCUT2D eigenvalue weighted by Crippen LogP contribution is 2.44. The third-order valence-electron chi connectivity index (χ3n) is 6.64. The summed E-state index contributed by atoms with van der Waals surface area (Å²) in [6.07, 6.45) is 0.252. The normalized spacial score (nSPS) is 14.3. The minimum absolute atomic E-state index is 0.0671. The van der Waals surface area contributed by atoms with Gasteiger partial charge in [-0.2, -0.15) is 0 Å². The Morgan fingerprint density at radius 3 is 2.09 bits per heavy atom. The van der Waals surface area contributed by atoms with Gasteiger partial charge in [-0.25, -0.2) is 0 Å². The molecule has 5 rings (SSSR count). The van der Waals surface area contributed by atoms with Crippen LogP contribution in [0.3, 0.4) is 0 Å². The smallest absolute Gasteiger partial charge is 0.321 e. The molecular weight excluding hydrogens is 426 g/mol. The van der Waals surface area contributed by atoms with E-state index in [1.54, 1.807) is 0 Å². The summed E-state index contributed by atoms with van der Waals surface area (Å²) in [4.78, 5) is 25.0. The van der Waals surface area contributed by atoms with Gasteiger partial charge in [-0.15, -0.1) is 0 Å². The lowest BCUT2D eigenvalue weighted by Crippen LogP contribution is -2.43. The first-order valence-corrected chi connectivity index (χ1v) is 11.3. The average Bonchev–Trinajstić information content (AvgIpc) is 3.16. The van der Waals surface area contributed by atoms with Crippen LogP contribution < -0.4 is 5.73 Å². The molecule has 1 aliphatic rings. The molecule has 34 heavy (non-hydrogen) atoms. The zero-order valence-electron chi connectivity index (χ0n) is 18.6. The number of ether oxygens (including phenoxy) is 1. The molecule has 170 valence electrons. The van der Waals surface area contributed by atoms with E-state index in [-0.39, 0.29) is 18.9 Å². The van der Waals surface area contributed by atoms with Gasteiger partial charge in [0.15, 0.2) is 5.92 Å². The van der Waals surface area contributed by atoms with Crippen molar-refractivity contribution in [2.75, 3.05) is 6.61 Å². The molecule has 0 bridgehead atoms. The number of carbonyl (C=O) groups is 2. The van der Waals surface area contributed by atoms with Crippen molar-refractivity contribution in [2.24, 2.45) is 11.7 Å². The predicted molar refractivity (Wildman–Crippen MR) is 131 cm³/mol. The van der Waals surface area contributed by atoms with Gasteiger partial charge in [0.2, 0.25) is 0 Å². The minimum Gasteiger partial charge on any atom is -0.481 e. The molecule has 4 aromatic carbocycles. The molecule has 0 heterocycles. The highest BCUT2D eigenvalue weighted by atomic mass is 16.5. The van der Waals surface area contributed by atoms with E-state index >= 15 is 0 Å². The summed E-state index contributed by atoms with van der Waals surface area (Å²) in [5.74, 6) is -3.67. The second-order valence-electron chi connectivity index (χ2n) is 8.68. The van der Waals surface area contributed by atoms with E-state index in [0.29, 0.717) is 0 Å². The summed E-state index contributed by atoms with van der Waals surface area (Å²) < 4.78 is 5.61. The molecule has 3 N–H and O–H groups in total. The van der Waals surface area contributed by atoms with Gasteiger partial charge in [0.25, 0.3) is 0 Å². The summed E-state index contributed by atoms with van der Waals surface area (Å²) in [5.41, 5.74) is 11.6. The molecule has 5 nitrogen and oxygen atoms in total. The number of hydrogen-bond donors (Lipinski definition) is 2. The Kier molecular flexibility index (Phi) is 5.86. The zero-order chi connectivity index (χ0) is 23.7. The Morgan fingerprint density at radius 2 is 1.41 bits per heavy atom. The number of carboxylic acid groups (broad SMARTS) is 1. The van der Waals surface area contributed by atoms with Gasteiger partial charge in [0.05, 0.1) is 0 Å². The second kappa shape index (κ2) is 9.12. The monoisotopic (exact) mass is 451 g/mol. The van der Waals surface area contributed by atoms with E-state index in [2.05, 4.69) is 12.1 Å². The first-order valence-electron chi connectivity index (χ1n) is 11.3. The van der Waals surface area contributed by atoms with Crippen LogP contribution in [0.1, 0.15) is 22.6 Å². The molecule has 0 aliphatic heterocycles. The van der Waals surface area contributed by atoms with Crippen LogP contribution in [-0.4, -0.2) is 29.7 Å². The molecule has 1 aliphatic carbocycles. The van der Waals surface area contributed by atoms with Crippen LogP contribution in [0, 0.1) is 5.92 Å². The largest absolute Gasteiger partial charge is 0.481 e. The summed E-state index contributed by atoms with van der Waals surface area (Å²) in [5, 5.41) is 11.9. The van der Waals surface area contributed by atoms with Gasteiger partial charge in [0, 0.05) is 12.0 Å². The molecular formula is C29H25NO4. The van der Waals surface area contributed by atoms with E-state index < -0.39 is 23.9 Å². The van der Waals surface area contributed by atoms with Crippen molar-refractivity contribution in [1.82, 2.24) is 0 Å². The Hall–Kier alpha value is -3.96. The third-order valence-corrected chi connectivity index (χ3v) is 6.64. The lowest BCUT2D eigenvalue weighted by molar-refractivity contribution is -0.159. The standard InChI is InChI=1S/C29H25NO4/c30-26(16-19-10-7-9-18-8-1-2-11-20(18)19)27(28(31)32)29(33)34-17-25-23-14-5-3-12-21(23)22-13-4-6-15-24(22)25/h1-15,25-27H,16-17,30H2,(H,31,32). The fourth-order valence-corrected chi connectivity index (χ4v) is 5.00. The maximum Gasteiger partial charge on any atom is 0.321 e. The minimum atomic E-state index is -1.45. The van der Waals surface area contributed by atoms with Crippen LogP contribution in [0.5, 0.6) is 0 Å². The Labute approximate surface area is 197 Å². The van der Waals surface area contributed by atoms with E-state index in [9.17, 15) is 14.7 Å². The van der Waals surface area contributed by atoms with Crippen molar-refractivity contribution < 1.29 is 19.4 Å². The van der Waals surface area contributed by atoms with Crippen molar-refractivity contribution in [3.8, 4) is 11.1 Å². The van der Waals surface area contributed by atoms with Gasteiger partial charge in [-0.1, -0.05) is 91.0 Å². The fourth-order valence-electron chi connectivity index (χ4n) is 5.00. The number of hydrogen-bond acceptors (Lipinski definition) is 4. The molecule has 2 unspecified atom stereocenters. The Balaban J connectivity index is 1.34. The van der Waals surface area contributed by atoms with Crippen molar-refractivity contribution in [3.63, 3.8) is 0 Å². The Bertz CT molecular complexity index is 1330. The number of fused-ring (bicyclic) bond motifs is 4. The van der Waals surface area contributed by atoms with Gasteiger partial charge in [0.1, 0.15) is 6.61 Å². The SMILES string of the molecule is NC(Cc1cccc2ccccc12)C(C(=O)O)C(=O)OCC1c2ccccc2-c2ccccc21. The van der Waals surface area contributed by atoms with Crippen LogP contribution in [0.25, 0.3) is 21.9 Å². The topological polar surface area (TPSA) is 89.6 Å². The first kappa shape index (κ1) is 21.9. The number of carboxylic acids is 1. The molecule has 5 heteroatoms. The molecule has 0 saturated carbocycles. The molecule has 0 fully saturated rings. The van der Waals surface area contributed by atoms with Gasteiger partial charge >= 0.3 is 11.9 Å². The fraction of sp³-hybridized carbons (Fsp3) is 0.172.